The first-order valence-corrected chi connectivity index (χ1v) is 10.0. The van der Waals surface area contributed by atoms with Gasteiger partial charge in [0, 0.05) is 38.6 Å². The summed E-state index contributed by atoms with van der Waals surface area (Å²) in [7, 11) is 0. The van der Waals surface area contributed by atoms with E-state index in [1.807, 2.05) is 44.2 Å². The molecule has 0 saturated carbocycles. The molecule has 4 rings (SSSR count). The van der Waals surface area contributed by atoms with Crippen molar-refractivity contribution < 1.29 is 14.3 Å². The van der Waals surface area contributed by atoms with Crippen molar-refractivity contribution in [3.8, 4) is 5.75 Å². The van der Waals surface area contributed by atoms with Crippen LogP contribution in [0.2, 0.25) is 0 Å². The number of phenols is 1. The minimum Gasteiger partial charge on any atom is -0.508 e. The molecule has 29 heavy (non-hydrogen) atoms. The highest BCUT2D eigenvalue weighted by molar-refractivity contribution is 7.99. The molecule has 146 valence electrons. The Bertz CT molecular complexity index is 1140. The molecule has 6 heteroatoms. The van der Waals surface area contributed by atoms with Crippen molar-refractivity contribution in [2.75, 3.05) is 0 Å². The van der Waals surface area contributed by atoms with Crippen molar-refractivity contribution in [1.82, 2.24) is 5.32 Å². The number of amides is 1. The number of aromatic hydroxyl groups is 1. The second-order valence-electron chi connectivity index (χ2n) is 7.03. The summed E-state index contributed by atoms with van der Waals surface area (Å²) in [6, 6.07) is 17.1. The Labute approximate surface area is 172 Å². The van der Waals surface area contributed by atoms with Crippen LogP contribution in [-0.2, 0) is 0 Å². The Morgan fingerprint density at radius 1 is 1.03 bits per heavy atom. The lowest BCUT2D eigenvalue weighted by atomic mass is 10.0. The zero-order chi connectivity index (χ0) is 20.5. The van der Waals surface area contributed by atoms with Crippen molar-refractivity contribution in [3.05, 3.63) is 83.2 Å². The molecule has 1 aliphatic rings. The van der Waals surface area contributed by atoms with Crippen LogP contribution in [0, 0.1) is 5.82 Å². The predicted molar refractivity (Wildman–Crippen MR) is 113 cm³/mol. The lowest BCUT2D eigenvalue weighted by Crippen LogP contribution is -2.29. The third-order valence-corrected chi connectivity index (χ3v) is 5.58. The molecule has 3 aromatic rings. The minimum atomic E-state index is -0.555. The quantitative estimate of drug-likeness (QED) is 0.485. The molecule has 0 atom stereocenters. The molecule has 4 nitrogen and oxygen atoms in total. The first-order chi connectivity index (χ1) is 13.9. The van der Waals surface area contributed by atoms with E-state index in [0.29, 0.717) is 22.5 Å². The zero-order valence-electron chi connectivity index (χ0n) is 15.9. The highest BCUT2D eigenvalue weighted by Gasteiger charge is 2.22. The molecule has 1 amide bonds. The van der Waals surface area contributed by atoms with Gasteiger partial charge in [-0.05, 0) is 50.2 Å². The summed E-state index contributed by atoms with van der Waals surface area (Å²) < 4.78 is 14.7. The molecule has 0 aliphatic carbocycles. The zero-order valence-corrected chi connectivity index (χ0v) is 16.8. The van der Waals surface area contributed by atoms with E-state index >= 15 is 0 Å². The first-order valence-electron chi connectivity index (χ1n) is 9.22. The number of carbonyl (C=O) groups excluding carboxylic acids is 1. The van der Waals surface area contributed by atoms with Crippen LogP contribution < -0.4 is 5.32 Å². The molecule has 0 aromatic heterocycles. The molecule has 0 unspecified atom stereocenters. The molecule has 0 bridgehead atoms. The highest BCUT2D eigenvalue weighted by atomic mass is 32.2. The number of benzene rings is 3. The minimum absolute atomic E-state index is 0.0186. The largest absolute Gasteiger partial charge is 0.508 e. The molecule has 1 heterocycles. The van der Waals surface area contributed by atoms with E-state index in [1.165, 1.54) is 23.9 Å². The number of phenolic OH excluding ortho intramolecular Hbond substituents is 1. The van der Waals surface area contributed by atoms with Gasteiger partial charge in [0.2, 0.25) is 0 Å². The van der Waals surface area contributed by atoms with Gasteiger partial charge in [-0.25, -0.2) is 9.38 Å². The van der Waals surface area contributed by atoms with Crippen LogP contribution in [0.15, 0.2) is 75.4 Å². The Hall–Kier alpha value is -3.12. The summed E-state index contributed by atoms with van der Waals surface area (Å²) in [4.78, 5) is 19.0. The number of hydrogen-bond donors (Lipinski definition) is 2. The van der Waals surface area contributed by atoms with Gasteiger partial charge in [0.1, 0.15) is 11.6 Å². The summed E-state index contributed by atoms with van der Waals surface area (Å²) in [5.74, 6) is -0.876. The van der Waals surface area contributed by atoms with Crippen LogP contribution in [0.5, 0.6) is 5.75 Å². The van der Waals surface area contributed by atoms with Crippen molar-refractivity contribution in [3.63, 3.8) is 0 Å². The SMILES string of the molecule is CC(C)NC(=O)c1ccc2c(c1)N=C(c1ccc(O)cc1F)c1ccccc1S2. The van der Waals surface area contributed by atoms with Crippen molar-refractivity contribution in [2.24, 2.45) is 4.99 Å². The van der Waals surface area contributed by atoms with Gasteiger partial charge < -0.3 is 10.4 Å². The van der Waals surface area contributed by atoms with Gasteiger partial charge in [0.15, 0.2) is 0 Å². The highest BCUT2D eigenvalue weighted by Crippen LogP contribution is 2.42. The first kappa shape index (κ1) is 19.2. The molecule has 0 spiro atoms. The maximum absolute atomic E-state index is 14.7. The van der Waals surface area contributed by atoms with Crippen LogP contribution in [0.4, 0.5) is 10.1 Å². The van der Waals surface area contributed by atoms with E-state index in [1.54, 1.807) is 12.1 Å². The van der Waals surface area contributed by atoms with Gasteiger partial charge in [-0.1, -0.05) is 30.0 Å². The molecular weight excluding hydrogens is 387 g/mol. The average Bonchev–Trinajstić information content (AvgIpc) is 2.83. The number of carbonyl (C=O) groups is 1. The molecule has 0 radical (unpaired) electrons. The van der Waals surface area contributed by atoms with E-state index < -0.39 is 5.82 Å². The van der Waals surface area contributed by atoms with E-state index in [4.69, 9.17) is 4.99 Å². The van der Waals surface area contributed by atoms with Crippen molar-refractivity contribution in [1.29, 1.82) is 0 Å². The lowest BCUT2D eigenvalue weighted by molar-refractivity contribution is 0.0943. The Kier molecular flexibility index (Phi) is 5.11. The normalized spacial score (nSPS) is 12.6. The Balaban J connectivity index is 1.89. The summed E-state index contributed by atoms with van der Waals surface area (Å²) >= 11 is 1.53. The van der Waals surface area contributed by atoms with Gasteiger partial charge in [0.25, 0.3) is 5.91 Å². The topological polar surface area (TPSA) is 61.7 Å². The summed E-state index contributed by atoms with van der Waals surface area (Å²) in [5.41, 5.74) is 2.65. The van der Waals surface area contributed by atoms with E-state index in [2.05, 4.69) is 5.32 Å². The lowest BCUT2D eigenvalue weighted by Gasteiger charge is -2.10. The van der Waals surface area contributed by atoms with Crippen LogP contribution in [-0.4, -0.2) is 22.8 Å². The van der Waals surface area contributed by atoms with Crippen molar-refractivity contribution >= 4 is 29.1 Å². The maximum atomic E-state index is 14.7. The summed E-state index contributed by atoms with van der Waals surface area (Å²) in [5, 5.41) is 12.5. The van der Waals surface area contributed by atoms with Crippen LogP contribution in [0.25, 0.3) is 0 Å². The van der Waals surface area contributed by atoms with E-state index in [9.17, 15) is 14.3 Å². The molecular formula is C23H19FN2O2S. The Morgan fingerprint density at radius 3 is 2.59 bits per heavy atom. The second-order valence-corrected chi connectivity index (χ2v) is 8.12. The third kappa shape index (κ3) is 3.89. The van der Waals surface area contributed by atoms with Crippen molar-refractivity contribution in [2.45, 2.75) is 29.7 Å². The standard InChI is InChI=1S/C23H19FN2O2S/c1-13(2)25-23(28)14-7-10-21-19(11-14)26-22(16-9-8-15(27)12-18(16)24)17-5-3-4-6-20(17)29-21/h3-13,27H,1-2H3,(H,25,28). The van der Waals surface area contributed by atoms with Gasteiger partial charge >= 0.3 is 0 Å². The Morgan fingerprint density at radius 2 is 1.83 bits per heavy atom. The summed E-state index contributed by atoms with van der Waals surface area (Å²) in [6.07, 6.45) is 0. The number of aliphatic imine (C=N–C) groups is 1. The molecule has 3 aromatic carbocycles. The fourth-order valence-corrected chi connectivity index (χ4v) is 4.13. The van der Waals surface area contributed by atoms with Crippen LogP contribution >= 0.6 is 11.8 Å². The molecule has 2 N–H and O–H groups in total. The second kappa shape index (κ2) is 7.72. The molecule has 1 aliphatic heterocycles. The molecule has 0 fully saturated rings. The average molecular weight is 406 g/mol. The van der Waals surface area contributed by atoms with E-state index in [0.717, 1.165) is 21.4 Å². The smallest absolute Gasteiger partial charge is 0.251 e. The summed E-state index contributed by atoms with van der Waals surface area (Å²) in [6.45, 7) is 3.80. The number of nitrogens with one attached hydrogen (secondary N) is 1. The van der Waals surface area contributed by atoms with Gasteiger partial charge in [0.05, 0.1) is 11.4 Å². The number of rotatable bonds is 3. The predicted octanol–water partition coefficient (Wildman–Crippen LogP) is 5.30. The number of fused-ring (bicyclic) bond motifs is 2. The number of halogens is 1. The molecule has 0 saturated heterocycles. The van der Waals surface area contributed by atoms with Gasteiger partial charge in [-0.2, -0.15) is 0 Å². The van der Waals surface area contributed by atoms with Crippen LogP contribution in [0.1, 0.15) is 35.3 Å². The fourth-order valence-electron chi connectivity index (χ4n) is 3.13. The third-order valence-electron chi connectivity index (χ3n) is 4.44. The van der Waals surface area contributed by atoms with E-state index in [-0.39, 0.29) is 17.7 Å². The monoisotopic (exact) mass is 406 g/mol. The van der Waals surface area contributed by atoms with Gasteiger partial charge in [-0.3, -0.25) is 4.79 Å². The number of nitrogens with zero attached hydrogens (tertiary/aromatic N) is 1. The van der Waals surface area contributed by atoms with Gasteiger partial charge in [-0.15, -0.1) is 0 Å². The fraction of sp³-hybridized carbons (Fsp3) is 0.130. The maximum Gasteiger partial charge on any atom is 0.251 e. The number of hydrogen-bond acceptors (Lipinski definition) is 4. The van der Waals surface area contributed by atoms with Crippen LogP contribution in [0.3, 0.4) is 0 Å².